The van der Waals surface area contributed by atoms with Gasteiger partial charge in [0.15, 0.2) is 10.8 Å². The zero-order valence-electron chi connectivity index (χ0n) is 14.1. The third-order valence-electron chi connectivity index (χ3n) is 4.12. The number of nitrogens with one attached hydrogen (secondary N) is 2. The molecule has 1 aromatic heterocycles. The number of rotatable bonds is 6. The quantitative estimate of drug-likeness (QED) is 0.465. The lowest BCUT2D eigenvalue weighted by atomic mass is 10.2. The minimum atomic E-state index is -4.55. The summed E-state index contributed by atoms with van der Waals surface area (Å²) in [6.07, 6.45) is -2.33. The van der Waals surface area contributed by atoms with Crippen molar-refractivity contribution < 1.29 is 13.2 Å². The van der Waals surface area contributed by atoms with Crippen LogP contribution in [0.2, 0.25) is 10.0 Å². The van der Waals surface area contributed by atoms with Gasteiger partial charge in [0, 0.05) is 19.0 Å². The van der Waals surface area contributed by atoms with Crippen LogP contribution in [0.5, 0.6) is 0 Å². The van der Waals surface area contributed by atoms with Gasteiger partial charge in [0.05, 0.1) is 21.4 Å². The van der Waals surface area contributed by atoms with E-state index in [4.69, 9.17) is 35.4 Å². The fraction of sp³-hybridized carbons (Fsp3) is 0.412. The molecule has 1 aliphatic carbocycles. The Balaban J connectivity index is 1.55. The van der Waals surface area contributed by atoms with E-state index < -0.39 is 11.9 Å². The molecule has 0 bridgehead atoms. The van der Waals surface area contributed by atoms with Crippen molar-refractivity contribution in [1.29, 1.82) is 0 Å². The van der Waals surface area contributed by atoms with E-state index in [1.165, 1.54) is 4.68 Å². The topological polar surface area (TPSA) is 41.9 Å². The summed E-state index contributed by atoms with van der Waals surface area (Å²) < 4.78 is 40.5. The molecule has 1 heterocycles. The third-order valence-corrected chi connectivity index (χ3v) is 5.07. The number of para-hydroxylation sites is 1. The first-order valence-corrected chi connectivity index (χ1v) is 9.56. The molecule has 0 amide bonds. The molecule has 1 saturated carbocycles. The van der Waals surface area contributed by atoms with Gasteiger partial charge in [-0.3, -0.25) is 4.68 Å². The van der Waals surface area contributed by atoms with Gasteiger partial charge in [-0.2, -0.15) is 18.3 Å². The average molecular weight is 437 g/mol. The molecule has 2 aromatic rings. The Kier molecular flexibility index (Phi) is 6.18. The molecule has 1 aliphatic rings. The second-order valence-electron chi connectivity index (χ2n) is 6.26. The maximum absolute atomic E-state index is 13.1. The van der Waals surface area contributed by atoms with Crippen LogP contribution in [0.25, 0.3) is 0 Å². The number of anilines is 1. The molecule has 3 rings (SSSR count). The minimum absolute atomic E-state index is 0.0667. The molecule has 0 unspecified atom stereocenters. The zero-order valence-corrected chi connectivity index (χ0v) is 16.4. The number of aromatic nitrogens is 2. The molecule has 1 fully saturated rings. The SMILES string of the molecule is FC(F)(F)c1nn(CCCNC(=S)Nc2ccccc2Cl)c(C2CC2)c1Cl. The first-order valence-electron chi connectivity index (χ1n) is 8.40. The summed E-state index contributed by atoms with van der Waals surface area (Å²) in [6.45, 7) is 0.794. The number of hydrogen-bond acceptors (Lipinski definition) is 2. The van der Waals surface area contributed by atoms with E-state index in [0.717, 1.165) is 12.8 Å². The lowest BCUT2D eigenvalue weighted by molar-refractivity contribution is -0.141. The van der Waals surface area contributed by atoms with Crippen LogP contribution in [0.4, 0.5) is 18.9 Å². The maximum atomic E-state index is 13.1. The fourth-order valence-electron chi connectivity index (χ4n) is 2.71. The molecule has 10 heteroatoms. The minimum Gasteiger partial charge on any atom is -0.362 e. The number of hydrogen-bond donors (Lipinski definition) is 2. The number of nitrogens with zero attached hydrogens (tertiary/aromatic N) is 2. The average Bonchev–Trinajstić information content (AvgIpc) is 3.36. The monoisotopic (exact) mass is 436 g/mol. The highest BCUT2D eigenvalue weighted by molar-refractivity contribution is 7.80. The molecular weight excluding hydrogens is 420 g/mol. The number of alkyl halides is 3. The smallest absolute Gasteiger partial charge is 0.362 e. The number of halogens is 5. The summed E-state index contributed by atoms with van der Waals surface area (Å²) in [4.78, 5) is 0. The highest BCUT2D eigenvalue weighted by Crippen LogP contribution is 2.46. The molecule has 2 N–H and O–H groups in total. The van der Waals surface area contributed by atoms with Crippen molar-refractivity contribution in [3.8, 4) is 0 Å². The zero-order chi connectivity index (χ0) is 19.6. The number of benzene rings is 1. The van der Waals surface area contributed by atoms with Crippen LogP contribution in [0.1, 0.15) is 36.6 Å². The summed E-state index contributed by atoms with van der Waals surface area (Å²) in [5, 5.41) is 10.4. The molecule has 0 aliphatic heterocycles. The number of aryl methyl sites for hydroxylation is 1. The predicted octanol–water partition coefficient (Wildman–Crippen LogP) is 5.46. The summed E-state index contributed by atoms with van der Waals surface area (Å²) in [5.41, 5.74) is 0.164. The Morgan fingerprint density at radius 3 is 2.59 bits per heavy atom. The summed E-state index contributed by atoms with van der Waals surface area (Å²) in [7, 11) is 0. The van der Waals surface area contributed by atoms with Gasteiger partial charge in [-0.05, 0) is 43.6 Å². The van der Waals surface area contributed by atoms with Gasteiger partial charge in [0.25, 0.3) is 0 Å². The van der Waals surface area contributed by atoms with Crippen molar-refractivity contribution >= 4 is 46.2 Å². The van der Waals surface area contributed by atoms with Gasteiger partial charge >= 0.3 is 6.18 Å². The Bertz CT molecular complexity index is 834. The highest BCUT2D eigenvalue weighted by Gasteiger charge is 2.41. The highest BCUT2D eigenvalue weighted by atomic mass is 35.5. The Morgan fingerprint density at radius 2 is 1.96 bits per heavy atom. The molecule has 4 nitrogen and oxygen atoms in total. The first kappa shape index (κ1) is 20.2. The van der Waals surface area contributed by atoms with Crippen LogP contribution in [0, 0.1) is 0 Å². The third kappa shape index (κ3) is 5.06. The van der Waals surface area contributed by atoms with E-state index in [0.29, 0.717) is 41.0 Å². The van der Waals surface area contributed by atoms with E-state index in [2.05, 4.69) is 15.7 Å². The van der Waals surface area contributed by atoms with E-state index in [9.17, 15) is 13.2 Å². The molecule has 0 atom stereocenters. The van der Waals surface area contributed by atoms with Crippen LogP contribution in [-0.4, -0.2) is 21.4 Å². The first-order chi connectivity index (χ1) is 12.8. The Hall–Kier alpha value is -1.51. The van der Waals surface area contributed by atoms with Gasteiger partial charge in [-0.15, -0.1) is 0 Å². The van der Waals surface area contributed by atoms with Crippen molar-refractivity contribution in [1.82, 2.24) is 15.1 Å². The molecule has 0 spiro atoms. The van der Waals surface area contributed by atoms with E-state index >= 15 is 0 Å². The van der Waals surface area contributed by atoms with E-state index in [-0.39, 0.29) is 10.9 Å². The Morgan fingerprint density at radius 1 is 1.26 bits per heavy atom. The van der Waals surface area contributed by atoms with Crippen LogP contribution in [0.15, 0.2) is 24.3 Å². The van der Waals surface area contributed by atoms with Gasteiger partial charge in [0.2, 0.25) is 0 Å². The van der Waals surface area contributed by atoms with Crippen LogP contribution >= 0.6 is 35.4 Å². The van der Waals surface area contributed by atoms with Gasteiger partial charge in [0.1, 0.15) is 0 Å². The van der Waals surface area contributed by atoms with E-state index in [1.807, 2.05) is 12.1 Å². The Labute approximate surface area is 170 Å². The summed E-state index contributed by atoms with van der Waals surface area (Å²) >= 11 is 17.2. The standard InChI is InChI=1S/C17H17Cl2F3N4S/c18-11-4-1-2-5-12(11)24-16(27)23-8-3-9-26-14(10-6-7-10)13(19)15(25-26)17(20,21)22/h1-2,4-5,10H,3,6-9H2,(H2,23,24,27). The van der Waals surface area contributed by atoms with Crippen LogP contribution in [0.3, 0.4) is 0 Å². The van der Waals surface area contributed by atoms with Crippen LogP contribution in [-0.2, 0) is 12.7 Å². The molecule has 0 radical (unpaired) electrons. The number of thiocarbonyl (C=S) groups is 1. The summed E-state index contributed by atoms with van der Waals surface area (Å²) in [6, 6.07) is 7.18. The molecule has 27 heavy (non-hydrogen) atoms. The van der Waals surface area contributed by atoms with Crippen molar-refractivity contribution in [3.05, 3.63) is 45.7 Å². The van der Waals surface area contributed by atoms with Crippen molar-refractivity contribution in [3.63, 3.8) is 0 Å². The summed E-state index contributed by atoms with van der Waals surface area (Å²) in [5.74, 6) is 0.0667. The lowest BCUT2D eigenvalue weighted by Gasteiger charge is -2.12. The molecule has 146 valence electrons. The van der Waals surface area contributed by atoms with Crippen molar-refractivity contribution in [2.24, 2.45) is 0 Å². The molecular formula is C17H17Cl2F3N4S. The largest absolute Gasteiger partial charge is 0.436 e. The van der Waals surface area contributed by atoms with E-state index in [1.54, 1.807) is 12.1 Å². The van der Waals surface area contributed by atoms with Gasteiger partial charge in [-0.1, -0.05) is 35.3 Å². The predicted molar refractivity (Wildman–Crippen MR) is 105 cm³/mol. The maximum Gasteiger partial charge on any atom is 0.436 e. The second kappa shape index (κ2) is 8.24. The van der Waals surface area contributed by atoms with Crippen molar-refractivity contribution in [2.45, 2.75) is 37.9 Å². The van der Waals surface area contributed by atoms with Gasteiger partial charge < -0.3 is 10.6 Å². The fourth-order valence-corrected chi connectivity index (χ4v) is 3.50. The normalized spacial score (nSPS) is 14.3. The lowest BCUT2D eigenvalue weighted by Crippen LogP contribution is -2.30. The second-order valence-corrected chi connectivity index (χ2v) is 7.45. The molecule has 0 saturated heterocycles. The van der Waals surface area contributed by atoms with Crippen LogP contribution < -0.4 is 10.6 Å². The van der Waals surface area contributed by atoms with Crippen molar-refractivity contribution in [2.75, 3.05) is 11.9 Å². The molecule has 1 aromatic carbocycles. The van der Waals surface area contributed by atoms with Gasteiger partial charge in [-0.25, -0.2) is 0 Å².